The van der Waals surface area contributed by atoms with Crippen molar-refractivity contribution in [2.45, 2.75) is 19.3 Å². The summed E-state index contributed by atoms with van der Waals surface area (Å²) in [5.74, 6) is 0.0526. The Bertz CT molecular complexity index is 443. The van der Waals surface area contributed by atoms with Gasteiger partial charge in [-0.3, -0.25) is 0 Å². The minimum Gasteiger partial charge on any atom is -0.512 e. The highest BCUT2D eigenvalue weighted by atomic mass is 35.5. The average Bonchev–Trinajstić information content (AvgIpc) is 2.24. The largest absolute Gasteiger partial charge is 0.512 e. The fourth-order valence-electron chi connectivity index (χ4n) is 1.78. The van der Waals surface area contributed by atoms with Gasteiger partial charge in [0.2, 0.25) is 0 Å². The van der Waals surface area contributed by atoms with Crippen molar-refractivity contribution in [1.29, 1.82) is 0 Å². The van der Waals surface area contributed by atoms with Gasteiger partial charge in [0.25, 0.3) is 0 Å². The van der Waals surface area contributed by atoms with E-state index in [1.165, 1.54) is 6.07 Å². The molecule has 3 heteroatoms. The molecule has 1 aliphatic rings. The Balaban J connectivity index is 2.25. The highest BCUT2D eigenvalue weighted by Crippen LogP contribution is 2.25. The average molecular weight is 239 g/mol. The van der Waals surface area contributed by atoms with Crippen molar-refractivity contribution in [2.24, 2.45) is 0 Å². The molecule has 1 nitrogen and oxygen atoms in total. The SMILES string of the molecule is OC1=CC(Cc2c(F)cccc2Cl)=CCC1. The summed E-state index contributed by atoms with van der Waals surface area (Å²) < 4.78 is 13.5. The Kier molecular flexibility index (Phi) is 3.30. The zero-order valence-electron chi connectivity index (χ0n) is 8.71. The van der Waals surface area contributed by atoms with Crippen LogP contribution in [0.2, 0.25) is 5.02 Å². The lowest BCUT2D eigenvalue weighted by Crippen LogP contribution is -1.98. The van der Waals surface area contributed by atoms with Crippen LogP contribution in [0.15, 0.2) is 41.7 Å². The zero-order valence-corrected chi connectivity index (χ0v) is 9.47. The van der Waals surface area contributed by atoms with Crippen molar-refractivity contribution in [3.8, 4) is 0 Å². The van der Waals surface area contributed by atoms with Gasteiger partial charge in [-0.05, 0) is 30.2 Å². The van der Waals surface area contributed by atoms with Gasteiger partial charge >= 0.3 is 0 Å². The number of rotatable bonds is 2. The van der Waals surface area contributed by atoms with E-state index in [0.717, 1.165) is 12.0 Å². The van der Waals surface area contributed by atoms with Crippen molar-refractivity contribution in [2.75, 3.05) is 0 Å². The van der Waals surface area contributed by atoms with E-state index >= 15 is 0 Å². The molecule has 0 spiro atoms. The van der Waals surface area contributed by atoms with E-state index in [2.05, 4.69) is 0 Å². The van der Waals surface area contributed by atoms with E-state index in [0.29, 0.717) is 29.2 Å². The van der Waals surface area contributed by atoms with Crippen LogP contribution in [-0.4, -0.2) is 5.11 Å². The minimum absolute atomic E-state index is 0.299. The maximum absolute atomic E-state index is 13.5. The van der Waals surface area contributed by atoms with Gasteiger partial charge in [-0.1, -0.05) is 23.7 Å². The molecule has 0 unspecified atom stereocenters. The van der Waals surface area contributed by atoms with Gasteiger partial charge in [0.05, 0.1) is 5.76 Å². The summed E-state index contributed by atoms with van der Waals surface area (Å²) in [6.45, 7) is 0. The molecule has 84 valence electrons. The highest BCUT2D eigenvalue weighted by Gasteiger charge is 2.10. The third kappa shape index (κ3) is 2.45. The number of allylic oxidation sites excluding steroid dienone is 4. The van der Waals surface area contributed by atoms with Crippen molar-refractivity contribution in [3.05, 3.63) is 58.1 Å². The summed E-state index contributed by atoms with van der Waals surface area (Å²) in [5.41, 5.74) is 1.40. The van der Waals surface area contributed by atoms with E-state index in [1.54, 1.807) is 18.2 Å². The molecular formula is C13H12ClFO. The summed E-state index contributed by atoms with van der Waals surface area (Å²) in [6.07, 6.45) is 5.57. The monoisotopic (exact) mass is 238 g/mol. The summed E-state index contributed by atoms with van der Waals surface area (Å²) in [7, 11) is 0. The molecule has 0 aromatic heterocycles. The number of benzene rings is 1. The number of hydrogen-bond donors (Lipinski definition) is 1. The maximum Gasteiger partial charge on any atom is 0.128 e. The van der Waals surface area contributed by atoms with Gasteiger partial charge in [-0.2, -0.15) is 0 Å². The predicted molar refractivity (Wildman–Crippen MR) is 63.1 cm³/mol. The van der Waals surface area contributed by atoms with E-state index < -0.39 is 0 Å². The quantitative estimate of drug-likeness (QED) is 0.819. The van der Waals surface area contributed by atoms with Crippen LogP contribution < -0.4 is 0 Å². The lowest BCUT2D eigenvalue weighted by Gasteiger charge is -2.11. The summed E-state index contributed by atoms with van der Waals surface area (Å²) in [4.78, 5) is 0. The molecule has 0 atom stereocenters. The molecule has 0 saturated carbocycles. The first-order chi connectivity index (χ1) is 7.66. The molecule has 0 saturated heterocycles. The van der Waals surface area contributed by atoms with Crippen LogP contribution in [0.5, 0.6) is 0 Å². The first-order valence-corrected chi connectivity index (χ1v) is 5.56. The summed E-state index contributed by atoms with van der Waals surface area (Å²) >= 11 is 5.93. The van der Waals surface area contributed by atoms with Crippen molar-refractivity contribution < 1.29 is 9.50 Å². The number of aliphatic hydroxyl groups is 1. The van der Waals surface area contributed by atoms with Crippen LogP contribution in [0.25, 0.3) is 0 Å². The fourth-order valence-corrected chi connectivity index (χ4v) is 2.01. The van der Waals surface area contributed by atoms with Gasteiger partial charge in [-0.15, -0.1) is 0 Å². The van der Waals surface area contributed by atoms with Crippen LogP contribution in [-0.2, 0) is 6.42 Å². The normalized spacial score (nSPS) is 15.6. The van der Waals surface area contributed by atoms with Crippen LogP contribution in [0.3, 0.4) is 0 Å². The first-order valence-electron chi connectivity index (χ1n) is 5.18. The minimum atomic E-state index is -0.299. The topological polar surface area (TPSA) is 20.2 Å². The molecular weight excluding hydrogens is 227 g/mol. The molecule has 16 heavy (non-hydrogen) atoms. The second-order valence-corrected chi connectivity index (χ2v) is 4.24. The van der Waals surface area contributed by atoms with E-state index in [1.807, 2.05) is 6.08 Å². The lowest BCUT2D eigenvalue weighted by molar-refractivity contribution is 0.386. The van der Waals surface area contributed by atoms with Crippen molar-refractivity contribution >= 4 is 11.6 Å². The molecule has 0 heterocycles. The number of aliphatic hydroxyl groups excluding tert-OH is 1. The smallest absolute Gasteiger partial charge is 0.128 e. The van der Waals surface area contributed by atoms with E-state index in [-0.39, 0.29) is 5.82 Å². The molecule has 1 aliphatic carbocycles. The Morgan fingerprint density at radius 1 is 1.38 bits per heavy atom. The standard InChI is InChI=1S/C13H12ClFO/c14-12-5-2-6-13(15)11(12)8-9-3-1-4-10(16)7-9/h2-3,5-7,16H,1,4,8H2. The van der Waals surface area contributed by atoms with Crippen LogP contribution in [0.1, 0.15) is 18.4 Å². The molecule has 1 N–H and O–H groups in total. The first kappa shape index (κ1) is 11.2. The summed E-state index contributed by atoms with van der Waals surface area (Å²) in [5, 5.41) is 9.82. The van der Waals surface area contributed by atoms with E-state index in [4.69, 9.17) is 11.6 Å². The molecule has 1 aromatic rings. The van der Waals surface area contributed by atoms with Gasteiger partial charge in [-0.25, -0.2) is 4.39 Å². The van der Waals surface area contributed by atoms with Crippen LogP contribution in [0, 0.1) is 5.82 Å². The Labute approximate surface area is 98.9 Å². The second-order valence-electron chi connectivity index (χ2n) is 3.83. The van der Waals surface area contributed by atoms with E-state index in [9.17, 15) is 9.50 Å². The summed E-state index contributed by atoms with van der Waals surface area (Å²) in [6, 6.07) is 4.66. The molecule has 0 bridgehead atoms. The number of halogens is 2. The molecule has 1 aromatic carbocycles. The predicted octanol–water partition coefficient (Wildman–Crippen LogP) is 4.18. The van der Waals surface area contributed by atoms with Gasteiger partial charge < -0.3 is 5.11 Å². The van der Waals surface area contributed by atoms with Crippen LogP contribution >= 0.6 is 11.6 Å². The highest BCUT2D eigenvalue weighted by molar-refractivity contribution is 6.31. The molecule has 2 rings (SSSR count). The van der Waals surface area contributed by atoms with Crippen LogP contribution in [0.4, 0.5) is 4.39 Å². The third-order valence-electron chi connectivity index (χ3n) is 2.60. The Morgan fingerprint density at radius 2 is 2.19 bits per heavy atom. The number of hydrogen-bond acceptors (Lipinski definition) is 1. The molecule has 0 amide bonds. The van der Waals surface area contributed by atoms with Crippen molar-refractivity contribution in [3.63, 3.8) is 0 Å². The Morgan fingerprint density at radius 3 is 2.88 bits per heavy atom. The fraction of sp³-hybridized carbons (Fsp3) is 0.231. The van der Waals surface area contributed by atoms with Gasteiger partial charge in [0, 0.05) is 23.4 Å². The zero-order chi connectivity index (χ0) is 11.5. The molecule has 0 aliphatic heterocycles. The third-order valence-corrected chi connectivity index (χ3v) is 2.96. The van der Waals surface area contributed by atoms with Gasteiger partial charge in [0.1, 0.15) is 5.82 Å². The Hall–Kier alpha value is -1.28. The van der Waals surface area contributed by atoms with Crippen molar-refractivity contribution in [1.82, 2.24) is 0 Å². The molecule has 0 radical (unpaired) electrons. The maximum atomic E-state index is 13.5. The lowest BCUT2D eigenvalue weighted by atomic mass is 9.98. The molecule has 0 fully saturated rings. The second kappa shape index (κ2) is 4.71. The van der Waals surface area contributed by atoms with Gasteiger partial charge in [0.15, 0.2) is 0 Å².